The van der Waals surface area contributed by atoms with Crippen LogP contribution in [0.15, 0.2) is 82.0 Å². The summed E-state index contributed by atoms with van der Waals surface area (Å²) in [4.78, 5) is 37.2. The van der Waals surface area contributed by atoms with E-state index in [0.29, 0.717) is 34.4 Å². The molecule has 0 aliphatic carbocycles. The van der Waals surface area contributed by atoms with Crippen molar-refractivity contribution in [2.45, 2.75) is 12.8 Å². The fourth-order valence-electron chi connectivity index (χ4n) is 4.25. The van der Waals surface area contributed by atoms with Gasteiger partial charge in [0.15, 0.2) is 6.61 Å². The van der Waals surface area contributed by atoms with Crippen LogP contribution in [0.5, 0.6) is 5.75 Å². The molecule has 0 saturated carbocycles. The molecule has 3 aromatic carbocycles. The first kappa shape index (κ1) is 21.4. The largest absolute Gasteiger partial charge is 0.484 e. The average molecular weight is 456 g/mol. The number of benzene rings is 3. The van der Waals surface area contributed by atoms with Gasteiger partial charge in [-0.2, -0.15) is 0 Å². The minimum atomic E-state index is -0.556. The van der Waals surface area contributed by atoms with E-state index in [1.807, 2.05) is 24.3 Å². The number of rotatable bonds is 5. The molecule has 8 nitrogen and oxygen atoms in total. The van der Waals surface area contributed by atoms with Gasteiger partial charge < -0.3 is 14.1 Å². The molecule has 8 heteroatoms. The topological polar surface area (TPSA) is 103 Å². The summed E-state index contributed by atoms with van der Waals surface area (Å²) in [5, 5.41) is 11.6. The molecule has 1 amide bonds. The Balaban J connectivity index is 1.38. The third-order valence-corrected chi connectivity index (χ3v) is 5.88. The zero-order valence-electron chi connectivity index (χ0n) is 18.1. The minimum absolute atomic E-state index is 0.0345. The summed E-state index contributed by atoms with van der Waals surface area (Å²) in [5.41, 5.74) is 3.01. The van der Waals surface area contributed by atoms with Crippen molar-refractivity contribution in [2.75, 3.05) is 18.1 Å². The van der Waals surface area contributed by atoms with Crippen molar-refractivity contribution in [3.8, 4) is 16.9 Å². The van der Waals surface area contributed by atoms with Crippen LogP contribution in [0.3, 0.4) is 0 Å². The second-order valence-corrected chi connectivity index (χ2v) is 8.01. The lowest BCUT2D eigenvalue weighted by molar-refractivity contribution is -0.384. The Bertz CT molecular complexity index is 1460. The predicted octanol–water partition coefficient (Wildman–Crippen LogP) is 4.73. The fourth-order valence-corrected chi connectivity index (χ4v) is 4.25. The first-order chi connectivity index (χ1) is 16.5. The Morgan fingerprint density at radius 3 is 2.65 bits per heavy atom. The van der Waals surface area contributed by atoms with Gasteiger partial charge in [-0.15, -0.1) is 0 Å². The SMILES string of the molecule is O=C(COc1ccc2c(-c3ccc([N+](=O)[O-])cc3)cc(=O)oc2c1)N1CCCc2ccccc21. The number of ether oxygens (including phenoxy) is 1. The van der Waals surface area contributed by atoms with Gasteiger partial charge in [-0.1, -0.05) is 18.2 Å². The second-order valence-electron chi connectivity index (χ2n) is 8.01. The number of amides is 1. The second kappa shape index (κ2) is 8.82. The number of hydrogen-bond donors (Lipinski definition) is 0. The number of non-ortho nitro benzene ring substituents is 1. The summed E-state index contributed by atoms with van der Waals surface area (Å²) in [6, 6.07) is 20.2. The number of carbonyl (C=O) groups excluding carboxylic acids is 1. The van der Waals surface area contributed by atoms with Gasteiger partial charge in [0, 0.05) is 41.9 Å². The maximum absolute atomic E-state index is 12.8. The summed E-state index contributed by atoms with van der Waals surface area (Å²) in [6.45, 7) is 0.497. The molecule has 2 heterocycles. The van der Waals surface area contributed by atoms with E-state index in [2.05, 4.69) is 0 Å². The number of para-hydroxylation sites is 1. The van der Waals surface area contributed by atoms with Crippen molar-refractivity contribution in [1.82, 2.24) is 0 Å². The molecular weight excluding hydrogens is 436 g/mol. The molecule has 34 heavy (non-hydrogen) atoms. The van der Waals surface area contributed by atoms with Crippen LogP contribution in [-0.4, -0.2) is 24.0 Å². The van der Waals surface area contributed by atoms with E-state index in [-0.39, 0.29) is 18.2 Å². The predicted molar refractivity (Wildman–Crippen MR) is 127 cm³/mol. The Hall–Kier alpha value is -4.46. The van der Waals surface area contributed by atoms with Gasteiger partial charge in [-0.05, 0) is 59.9 Å². The van der Waals surface area contributed by atoms with Crippen LogP contribution in [-0.2, 0) is 11.2 Å². The summed E-state index contributed by atoms with van der Waals surface area (Å²) in [6.07, 6.45) is 1.84. The number of nitro groups is 1. The third-order valence-electron chi connectivity index (χ3n) is 5.88. The molecule has 170 valence electrons. The highest BCUT2D eigenvalue weighted by atomic mass is 16.6. The molecule has 0 N–H and O–H groups in total. The van der Waals surface area contributed by atoms with Crippen molar-refractivity contribution in [3.63, 3.8) is 0 Å². The number of nitrogens with zero attached hydrogens (tertiary/aromatic N) is 2. The molecule has 1 aromatic heterocycles. The fraction of sp³-hybridized carbons (Fsp3) is 0.154. The van der Waals surface area contributed by atoms with E-state index in [9.17, 15) is 19.7 Å². The Morgan fingerprint density at radius 1 is 1.06 bits per heavy atom. The zero-order valence-corrected chi connectivity index (χ0v) is 18.1. The van der Waals surface area contributed by atoms with E-state index >= 15 is 0 Å². The summed E-state index contributed by atoms with van der Waals surface area (Å²) < 4.78 is 11.1. The van der Waals surface area contributed by atoms with Gasteiger partial charge in [0.2, 0.25) is 0 Å². The highest BCUT2D eigenvalue weighted by molar-refractivity contribution is 5.96. The first-order valence-corrected chi connectivity index (χ1v) is 10.8. The molecule has 0 saturated heterocycles. The lowest BCUT2D eigenvalue weighted by atomic mass is 10.0. The normalized spacial score (nSPS) is 12.9. The number of nitro benzene ring substituents is 1. The monoisotopic (exact) mass is 456 g/mol. The molecular formula is C26H20N2O6. The molecule has 0 atom stereocenters. The third kappa shape index (κ3) is 4.13. The van der Waals surface area contributed by atoms with Gasteiger partial charge in [0.1, 0.15) is 11.3 Å². The van der Waals surface area contributed by atoms with Gasteiger partial charge in [-0.25, -0.2) is 4.79 Å². The highest BCUT2D eigenvalue weighted by Gasteiger charge is 2.22. The van der Waals surface area contributed by atoms with E-state index in [4.69, 9.17) is 9.15 Å². The molecule has 0 spiro atoms. The van der Waals surface area contributed by atoms with Crippen LogP contribution < -0.4 is 15.3 Å². The van der Waals surface area contributed by atoms with Gasteiger partial charge in [-0.3, -0.25) is 14.9 Å². The van der Waals surface area contributed by atoms with E-state index in [0.717, 1.165) is 24.1 Å². The lowest BCUT2D eigenvalue weighted by Gasteiger charge is -2.29. The molecule has 0 bridgehead atoms. The van der Waals surface area contributed by atoms with Gasteiger partial charge in [0.05, 0.1) is 4.92 Å². The number of anilines is 1. The van der Waals surface area contributed by atoms with Gasteiger partial charge in [0.25, 0.3) is 11.6 Å². The van der Waals surface area contributed by atoms with Crippen molar-refractivity contribution < 1.29 is 18.9 Å². The van der Waals surface area contributed by atoms with Crippen LogP contribution in [0, 0.1) is 10.1 Å². The first-order valence-electron chi connectivity index (χ1n) is 10.8. The van der Waals surface area contributed by atoms with Crippen LogP contribution in [0.2, 0.25) is 0 Å². The summed E-state index contributed by atoms with van der Waals surface area (Å²) in [7, 11) is 0. The van der Waals surface area contributed by atoms with E-state index in [1.165, 1.54) is 18.2 Å². The van der Waals surface area contributed by atoms with Crippen LogP contribution in [0.1, 0.15) is 12.0 Å². The quantitative estimate of drug-likeness (QED) is 0.244. The van der Waals surface area contributed by atoms with Crippen LogP contribution in [0.4, 0.5) is 11.4 Å². The molecule has 4 aromatic rings. The van der Waals surface area contributed by atoms with Crippen LogP contribution >= 0.6 is 0 Å². The summed E-state index contributed by atoms with van der Waals surface area (Å²) in [5.74, 6) is 0.253. The maximum atomic E-state index is 12.8. The number of hydrogen-bond acceptors (Lipinski definition) is 6. The molecule has 1 aliphatic rings. The van der Waals surface area contributed by atoms with Crippen LogP contribution in [0.25, 0.3) is 22.1 Å². The number of carbonyl (C=O) groups is 1. The van der Waals surface area contributed by atoms with Crippen molar-refractivity contribution in [3.05, 3.63) is 98.9 Å². The molecule has 0 unspecified atom stereocenters. The smallest absolute Gasteiger partial charge is 0.336 e. The standard InChI is InChI=1S/C26H20N2O6/c29-25(27-13-3-5-18-4-1-2-6-23(18)27)16-33-20-11-12-21-22(15-26(30)34-24(21)14-20)17-7-9-19(10-8-17)28(31)32/h1-2,4,6-12,14-15H,3,5,13,16H2. The van der Waals surface area contributed by atoms with E-state index < -0.39 is 10.5 Å². The molecule has 0 radical (unpaired) electrons. The minimum Gasteiger partial charge on any atom is -0.484 e. The summed E-state index contributed by atoms with van der Waals surface area (Å²) >= 11 is 0. The Kier molecular flexibility index (Phi) is 5.55. The van der Waals surface area contributed by atoms with Crippen molar-refractivity contribution >= 4 is 28.3 Å². The van der Waals surface area contributed by atoms with E-state index in [1.54, 1.807) is 35.2 Å². The molecule has 5 rings (SSSR count). The number of aryl methyl sites for hydroxylation is 1. The highest BCUT2D eigenvalue weighted by Crippen LogP contribution is 2.31. The van der Waals surface area contributed by atoms with Crippen molar-refractivity contribution in [1.29, 1.82) is 0 Å². The van der Waals surface area contributed by atoms with Gasteiger partial charge >= 0.3 is 5.63 Å². The zero-order chi connectivity index (χ0) is 23.7. The lowest BCUT2D eigenvalue weighted by Crippen LogP contribution is -2.38. The Labute approximate surface area is 194 Å². The maximum Gasteiger partial charge on any atom is 0.336 e. The number of fused-ring (bicyclic) bond motifs is 2. The molecule has 1 aliphatic heterocycles. The molecule has 0 fully saturated rings. The average Bonchev–Trinajstić information content (AvgIpc) is 2.86. The Morgan fingerprint density at radius 2 is 1.85 bits per heavy atom. The van der Waals surface area contributed by atoms with Crippen molar-refractivity contribution in [2.24, 2.45) is 0 Å².